The summed E-state index contributed by atoms with van der Waals surface area (Å²) in [4.78, 5) is 12.6. The van der Waals surface area contributed by atoms with E-state index in [9.17, 15) is 22.9 Å². The highest BCUT2D eigenvalue weighted by Crippen LogP contribution is 2.46. The first kappa shape index (κ1) is 34.3. The summed E-state index contributed by atoms with van der Waals surface area (Å²) in [6.07, 6.45) is 1.85. The van der Waals surface area contributed by atoms with Crippen molar-refractivity contribution >= 4 is 55.9 Å². The Labute approximate surface area is 280 Å². The number of ether oxygens (including phenoxy) is 1. The number of phenolic OH excluding ortho intramolecular Hbond substituents is 1. The van der Waals surface area contributed by atoms with Crippen LogP contribution in [0, 0.1) is 0 Å². The van der Waals surface area contributed by atoms with Gasteiger partial charge in [-0.3, -0.25) is 9.35 Å². The maximum absolute atomic E-state index is 13.1. The number of aromatic hydroxyl groups is 1. The Morgan fingerprint density at radius 3 is 2.31 bits per heavy atom. The summed E-state index contributed by atoms with van der Waals surface area (Å²) in [6, 6.07) is 26.0. The maximum Gasteiger partial charge on any atom is 0.296 e. The molecule has 0 aromatic heterocycles. The molecule has 0 radical (unpaired) electrons. The van der Waals surface area contributed by atoms with Gasteiger partial charge in [-0.2, -0.15) is 8.42 Å². The van der Waals surface area contributed by atoms with Crippen molar-refractivity contribution in [1.29, 1.82) is 0 Å². The molecule has 0 saturated carbocycles. The highest BCUT2D eigenvalue weighted by molar-refractivity contribution is 7.94. The van der Waals surface area contributed by atoms with Gasteiger partial charge in [0.2, 0.25) is 0 Å². The fourth-order valence-corrected chi connectivity index (χ4v) is 5.77. The average molecular weight is 688 g/mol. The molecule has 0 bridgehead atoms. The molecule has 0 aliphatic carbocycles. The molecule has 0 aliphatic rings. The number of fused-ring (bicyclic) bond motifs is 1. The van der Waals surface area contributed by atoms with E-state index in [1.165, 1.54) is 12.1 Å². The molecule has 0 unspecified atom stereocenters. The van der Waals surface area contributed by atoms with Crippen LogP contribution in [0.2, 0.25) is 0 Å². The van der Waals surface area contributed by atoms with Crippen molar-refractivity contribution in [2.75, 3.05) is 5.32 Å². The van der Waals surface area contributed by atoms with Crippen molar-refractivity contribution in [3.8, 4) is 17.2 Å². The number of anilines is 1. The molecule has 48 heavy (non-hydrogen) atoms. The van der Waals surface area contributed by atoms with Gasteiger partial charge in [-0.15, -0.1) is 21.1 Å². The van der Waals surface area contributed by atoms with Crippen LogP contribution >= 0.6 is 12.0 Å². The standard InChI is InChI=1S/C34H29N3O9S2/c1-4-34(2,3)23-14-16-24(17-15-23)44-28-13-9-8-12-26(28)36-37-31-29(48(41,42)43)19-22-18-25(47-46-45-40)20-27(30(22)32(31)38)35-33(39)21-10-6-5-7-11-21/h4-20,38,40H,1H2,2-3H3,(H,35,39)(H,41,42,43)/b37-36+. The fraction of sp³-hybridized carbons (Fsp3) is 0.0882. The van der Waals surface area contributed by atoms with E-state index in [0.29, 0.717) is 23.4 Å². The average Bonchev–Trinajstić information content (AvgIpc) is 3.07. The molecule has 5 aromatic carbocycles. The van der Waals surface area contributed by atoms with Gasteiger partial charge in [0, 0.05) is 21.3 Å². The molecule has 0 heterocycles. The zero-order chi connectivity index (χ0) is 34.5. The summed E-state index contributed by atoms with van der Waals surface area (Å²) in [5.74, 6) is -0.486. The highest BCUT2D eigenvalue weighted by atomic mass is 32.2. The molecule has 0 aliphatic heterocycles. The van der Waals surface area contributed by atoms with E-state index in [-0.39, 0.29) is 38.2 Å². The van der Waals surface area contributed by atoms with Crippen molar-refractivity contribution in [1.82, 2.24) is 0 Å². The SMILES string of the molecule is C=CC(C)(C)c1ccc(Oc2ccccc2/N=N/c2c(S(=O)(=O)O)cc3cc(SOOO)cc(NC(=O)c4ccccc4)c3c2O)cc1. The molecule has 5 rings (SSSR count). The first-order valence-electron chi connectivity index (χ1n) is 14.2. The summed E-state index contributed by atoms with van der Waals surface area (Å²) in [7, 11) is -4.98. The Hall–Kier alpha value is -5.09. The quantitative estimate of drug-likeness (QED) is 0.0247. The van der Waals surface area contributed by atoms with Gasteiger partial charge >= 0.3 is 0 Å². The molecule has 0 saturated heterocycles. The third kappa shape index (κ3) is 7.71. The predicted octanol–water partition coefficient (Wildman–Crippen LogP) is 9.14. The first-order valence-corrected chi connectivity index (χ1v) is 16.3. The number of nitrogens with zero attached hydrogens (tertiary/aromatic N) is 2. The van der Waals surface area contributed by atoms with E-state index in [1.807, 2.05) is 32.1 Å². The number of hydrogen-bond donors (Lipinski definition) is 4. The van der Waals surface area contributed by atoms with E-state index in [1.54, 1.807) is 66.7 Å². The summed E-state index contributed by atoms with van der Waals surface area (Å²) in [5, 5.41) is 34.7. The Kier molecular flexibility index (Phi) is 10.2. The van der Waals surface area contributed by atoms with Crippen LogP contribution in [0.1, 0.15) is 29.8 Å². The molecule has 12 nitrogen and oxygen atoms in total. The van der Waals surface area contributed by atoms with E-state index >= 15 is 0 Å². The monoisotopic (exact) mass is 687 g/mol. The molecule has 246 valence electrons. The second-order valence-corrected chi connectivity index (χ2v) is 13.0. The summed E-state index contributed by atoms with van der Waals surface area (Å²) in [6.45, 7) is 7.95. The van der Waals surface area contributed by atoms with Gasteiger partial charge in [0.15, 0.2) is 11.5 Å². The van der Waals surface area contributed by atoms with Gasteiger partial charge in [-0.25, -0.2) is 5.26 Å². The van der Waals surface area contributed by atoms with Gasteiger partial charge in [0.05, 0.1) is 17.7 Å². The lowest BCUT2D eigenvalue weighted by Crippen LogP contribution is -2.12. The molecule has 4 N–H and O–H groups in total. The molecular formula is C34H29N3O9S2. The minimum absolute atomic E-state index is 0.0213. The number of nitrogens with one attached hydrogen (secondary N) is 1. The van der Waals surface area contributed by atoms with E-state index < -0.39 is 32.4 Å². The van der Waals surface area contributed by atoms with Crippen molar-refractivity contribution in [3.05, 3.63) is 121 Å². The number of hydrogen-bond acceptors (Lipinski definition) is 11. The lowest BCUT2D eigenvalue weighted by molar-refractivity contribution is -0.432. The van der Waals surface area contributed by atoms with E-state index in [2.05, 4.69) is 31.5 Å². The number of allylic oxidation sites excluding steroid dienone is 1. The van der Waals surface area contributed by atoms with Crippen molar-refractivity contribution in [2.24, 2.45) is 10.2 Å². The van der Waals surface area contributed by atoms with Gasteiger partial charge in [-0.1, -0.05) is 67.4 Å². The van der Waals surface area contributed by atoms with Crippen LogP contribution in [0.3, 0.4) is 0 Å². The Balaban J connectivity index is 1.59. The number of azo groups is 1. The van der Waals surface area contributed by atoms with Gasteiger partial charge in [-0.05, 0) is 65.5 Å². The second kappa shape index (κ2) is 14.4. The number of amides is 1. The minimum Gasteiger partial charge on any atom is -0.505 e. The summed E-state index contributed by atoms with van der Waals surface area (Å²) < 4.78 is 45.8. The molecule has 5 aromatic rings. The Morgan fingerprint density at radius 1 is 0.958 bits per heavy atom. The van der Waals surface area contributed by atoms with E-state index in [4.69, 9.17) is 9.99 Å². The van der Waals surface area contributed by atoms with Crippen LogP contribution < -0.4 is 10.1 Å². The van der Waals surface area contributed by atoms with Crippen LogP contribution in [-0.2, 0) is 24.9 Å². The van der Waals surface area contributed by atoms with E-state index in [0.717, 1.165) is 11.6 Å². The largest absolute Gasteiger partial charge is 0.505 e. The van der Waals surface area contributed by atoms with Crippen LogP contribution in [0.5, 0.6) is 17.2 Å². The zero-order valence-corrected chi connectivity index (χ0v) is 27.2. The topological polar surface area (TPSA) is 176 Å². The highest BCUT2D eigenvalue weighted by Gasteiger charge is 2.25. The minimum atomic E-state index is -4.98. The van der Waals surface area contributed by atoms with Gasteiger partial charge in [0.1, 0.15) is 22.0 Å². The van der Waals surface area contributed by atoms with Gasteiger partial charge in [0.25, 0.3) is 16.0 Å². The maximum atomic E-state index is 13.1. The predicted molar refractivity (Wildman–Crippen MR) is 181 cm³/mol. The third-order valence-electron chi connectivity index (χ3n) is 7.31. The number of carbonyl (C=O) groups is 1. The smallest absolute Gasteiger partial charge is 0.296 e. The summed E-state index contributed by atoms with van der Waals surface area (Å²) in [5.41, 5.74) is 0.683. The lowest BCUT2D eigenvalue weighted by Gasteiger charge is -2.20. The number of para-hydroxylation sites is 1. The van der Waals surface area contributed by atoms with Crippen LogP contribution in [0.25, 0.3) is 10.8 Å². The Morgan fingerprint density at radius 2 is 1.65 bits per heavy atom. The number of benzene rings is 5. The van der Waals surface area contributed by atoms with Gasteiger partial charge < -0.3 is 15.2 Å². The lowest BCUT2D eigenvalue weighted by atomic mass is 9.85. The van der Waals surface area contributed by atoms with Crippen LogP contribution in [0.15, 0.2) is 130 Å². The van der Waals surface area contributed by atoms with Crippen molar-refractivity contribution in [3.63, 3.8) is 0 Å². The zero-order valence-electron chi connectivity index (χ0n) is 25.5. The molecule has 0 fully saturated rings. The fourth-order valence-electron chi connectivity index (χ4n) is 4.67. The van der Waals surface area contributed by atoms with Crippen molar-refractivity contribution in [2.45, 2.75) is 29.1 Å². The third-order valence-corrected chi connectivity index (χ3v) is 8.73. The molecule has 0 atom stereocenters. The second-order valence-electron chi connectivity index (χ2n) is 10.9. The normalized spacial score (nSPS) is 11.9. The molecule has 0 spiro atoms. The van der Waals surface area contributed by atoms with Crippen LogP contribution in [-0.4, -0.2) is 29.2 Å². The van der Waals surface area contributed by atoms with Crippen LogP contribution in [0.4, 0.5) is 17.1 Å². The number of phenols is 1. The molecule has 14 heteroatoms. The molecular weight excluding hydrogens is 659 g/mol. The number of carbonyl (C=O) groups excluding carboxylic acids is 1. The van der Waals surface area contributed by atoms with Crippen molar-refractivity contribution < 1.29 is 42.2 Å². The summed E-state index contributed by atoms with van der Waals surface area (Å²) >= 11 is 0.531. The number of rotatable bonds is 12. The molecule has 1 amide bonds. The first-order chi connectivity index (χ1) is 22.9. The Bertz CT molecular complexity index is 2120.